The molecule has 0 fully saturated rings. The van der Waals surface area contributed by atoms with Gasteiger partial charge in [-0.25, -0.2) is 0 Å². The van der Waals surface area contributed by atoms with Crippen molar-refractivity contribution in [2.45, 2.75) is 25.5 Å². The Morgan fingerprint density at radius 3 is 2.64 bits per heavy atom. The molecule has 3 N–H and O–H groups in total. The lowest BCUT2D eigenvalue weighted by atomic mass is 10.0. The van der Waals surface area contributed by atoms with Gasteiger partial charge in [0.25, 0.3) is 0 Å². The highest BCUT2D eigenvalue weighted by Crippen LogP contribution is 2.30. The quantitative estimate of drug-likeness (QED) is 0.844. The summed E-state index contributed by atoms with van der Waals surface area (Å²) in [6.45, 7) is 1.86. The molecule has 0 aliphatic carbocycles. The van der Waals surface area contributed by atoms with Crippen LogP contribution >= 0.6 is 23.2 Å². The molecule has 78 valence electrons. The summed E-state index contributed by atoms with van der Waals surface area (Å²) < 4.78 is 0. The minimum atomic E-state index is -0.592. The van der Waals surface area contributed by atoms with E-state index < -0.39 is 12.1 Å². The molecule has 0 bridgehead atoms. The van der Waals surface area contributed by atoms with Crippen LogP contribution in [-0.4, -0.2) is 11.2 Å². The number of aliphatic hydroxyl groups is 1. The van der Waals surface area contributed by atoms with Crippen molar-refractivity contribution >= 4 is 23.2 Å². The predicted molar refractivity (Wildman–Crippen MR) is 59.7 cm³/mol. The van der Waals surface area contributed by atoms with Gasteiger partial charge in [0.05, 0.1) is 22.2 Å². The molecule has 0 aliphatic rings. The van der Waals surface area contributed by atoms with Gasteiger partial charge in [-0.2, -0.15) is 0 Å². The molecule has 2 nitrogen and oxygen atoms in total. The Bertz CT molecular complexity index is 317. The van der Waals surface area contributed by atoms with E-state index >= 15 is 0 Å². The van der Waals surface area contributed by atoms with Gasteiger partial charge in [0.15, 0.2) is 0 Å². The Balaban J connectivity index is 3.01. The number of nitrogens with two attached hydrogens (primary N) is 1. The molecule has 0 saturated carbocycles. The zero-order valence-electron chi connectivity index (χ0n) is 7.87. The second-order valence-electron chi connectivity index (χ2n) is 3.14. The largest absolute Gasteiger partial charge is 0.391 e. The molecular weight excluding hydrogens is 221 g/mol. The average molecular weight is 234 g/mol. The molecule has 0 saturated heterocycles. The first-order valence-electron chi connectivity index (χ1n) is 4.45. The maximum Gasteiger partial charge on any atom is 0.0730 e. The Morgan fingerprint density at radius 2 is 2.07 bits per heavy atom. The van der Waals surface area contributed by atoms with Crippen molar-refractivity contribution in [3.63, 3.8) is 0 Å². The molecule has 1 aromatic rings. The van der Waals surface area contributed by atoms with Crippen LogP contribution in [-0.2, 0) is 0 Å². The fourth-order valence-electron chi connectivity index (χ4n) is 1.24. The van der Waals surface area contributed by atoms with Crippen LogP contribution in [0.4, 0.5) is 0 Å². The summed E-state index contributed by atoms with van der Waals surface area (Å²) in [7, 11) is 0. The summed E-state index contributed by atoms with van der Waals surface area (Å²) in [4.78, 5) is 0. The zero-order valence-corrected chi connectivity index (χ0v) is 9.39. The lowest BCUT2D eigenvalue weighted by Crippen LogP contribution is -2.25. The van der Waals surface area contributed by atoms with Crippen molar-refractivity contribution in [3.05, 3.63) is 33.8 Å². The van der Waals surface area contributed by atoms with Crippen LogP contribution in [0.15, 0.2) is 18.2 Å². The second kappa shape index (κ2) is 4.99. The summed E-state index contributed by atoms with van der Waals surface area (Å²) in [6.07, 6.45) is -0.00439. The molecule has 0 unspecified atom stereocenters. The minimum Gasteiger partial charge on any atom is -0.391 e. The molecule has 0 aromatic heterocycles. The monoisotopic (exact) mass is 233 g/mol. The summed E-state index contributed by atoms with van der Waals surface area (Å²) in [5.41, 5.74) is 6.51. The van der Waals surface area contributed by atoms with E-state index in [1.807, 2.05) is 6.92 Å². The van der Waals surface area contributed by atoms with Gasteiger partial charge in [0.2, 0.25) is 0 Å². The number of aliphatic hydroxyl groups excluding tert-OH is 1. The Morgan fingerprint density at radius 1 is 1.43 bits per heavy atom. The summed E-state index contributed by atoms with van der Waals surface area (Å²) >= 11 is 11.8. The molecule has 0 amide bonds. The number of benzene rings is 1. The first-order chi connectivity index (χ1) is 6.57. The molecular formula is C10H13Cl2NO. The van der Waals surface area contributed by atoms with Crippen molar-refractivity contribution < 1.29 is 5.11 Å². The lowest BCUT2D eigenvalue weighted by molar-refractivity contribution is 0.141. The molecule has 14 heavy (non-hydrogen) atoms. The van der Waals surface area contributed by atoms with Crippen molar-refractivity contribution in [3.8, 4) is 0 Å². The van der Waals surface area contributed by atoms with Crippen molar-refractivity contribution in [1.82, 2.24) is 0 Å². The standard InChI is InChI=1S/C10H13Cl2NO/c1-2-8(14)10(13)6-4-3-5-7(11)9(6)12/h3-5,8,10,14H,2,13H2,1H3/t8-,10+/m1/s1. The van der Waals surface area contributed by atoms with Crippen LogP contribution in [0.5, 0.6) is 0 Å². The fraction of sp³-hybridized carbons (Fsp3) is 0.400. The van der Waals surface area contributed by atoms with E-state index in [0.717, 1.165) is 0 Å². The lowest BCUT2D eigenvalue weighted by Gasteiger charge is -2.19. The van der Waals surface area contributed by atoms with Crippen LogP contribution < -0.4 is 5.73 Å². The molecule has 1 aromatic carbocycles. The molecule has 2 atom stereocenters. The van der Waals surface area contributed by atoms with E-state index in [1.165, 1.54) is 0 Å². The van der Waals surface area contributed by atoms with E-state index in [-0.39, 0.29) is 0 Å². The van der Waals surface area contributed by atoms with E-state index in [0.29, 0.717) is 22.0 Å². The summed E-state index contributed by atoms with van der Waals surface area (Å²) in [6, 6.07) is 4.76. The third-order valence-corrected chi connectivity index (χ3v) is 3.01. The summed E-state index contributed by atoms with van der Waals surface area (Å²) in [5.74, 6) is 0. The number of halogens is 2. The molecule has 0 radical (unpaired) electrons. The highest BCUT2D eigenvalue weighted by Gasteiger charge is 2.18. The van der Waals surface area contributed by atoms with Gasteiger partial charge in [-0.05, 0) is 18.1 Å². The molecule has 1 rings (SSSR count). The smallest absolute Gasteiger partial charge is 0.0730 e. The van der Waals surface area contributed by atoms with Crippen molar-refractivity contribution in [2.75, 3.05) is 0 Å². The third kappa shape index (κ3) is 2.39. The molecule has 0 spiro atoms. The van der Waals surface area contributed by atoms with E-state index in [4.69, 9.17) is 28.9 Å². The molecule has 0 aliphatic heterocycles. The van der Waals surface area contributed by atoms with Crippen LogP contribution in [0.2, 0.25) is 10.0 Å². The first-order valence-corrected chi connectivity index (χ1v) is 5.21. The van der Waals surface area contributed by atoms with Gasteiger partial charge in [0.1, 0.15) is 0 Å². The number of hydrogen-bond acceptors (Lipinski definition) is 2. The minimum absolute atomic E-state index is 0.425. The SMILES string of the molecule is CC[C@@H](O)[C@@H](N)c1cccc(Cl)c1Cl. The molecule has 0 heterocycles. The van der Waals surface area contributed by atoms with Crippen molar-refractivity contribution in [2.24, 2.45) is 5.73 Å². The van der Waals surface area contributed by atoms with E-state index in [9.17, 15) is 5.11 Å². The predicted octanol–water partition coefficient (Wildman–Crippen LogP) is 2.76. The van der Waals surface area contributed by atoms with Gasteiger partial charge >= 0.3 is 0 Å². The van der Waals surface area contributed by atoms with Crippen LogP contribution in [0.3, 0.4) is 0 Å². The average Bonchev–Trinajstić information content (AvgIpc) is 2.20. The highest BCUT2D eigenvalue weighted by atomic mass is 35.5. The number of rotatable bonds is 3. The van der Waals surface area contributed by atoms with Gasteiger partial charge in [-0.15, -0.1) is 0 Å². The Hall–Kier alpha value is -0.280. The Labute approximate surface area is 93.6 Å². The van der Waals surface area contributed by atoms with Crippen LogP contribution in [0.25, 0.3) is 0 Å². The maximum atomic E-state index is 9.57. The van der Waals surface area contributed by atoms with E-state index in [1.54, 1.807) is 18.2 Å². The van der Waals surface area contributed by atoms with Crippen LogP contribution in [0.1, 0.15) is 24.9 Å². The maximum absolute atomic E-state index is 9.57. The zero-order chi connectivity index (χ0) is 10.7. The highest BCUT2D eigenvalue weighted by molar-refractivity contribution is 6.42. The van der Waals surface area contributed by atoms with Gasteiger partial charge in [0, 0.05) is 0 Å². The van der Waals surface area contributed by atoms with Gasteiger partial charge in [-0.3, -0.25) is 0 Å². The topological polar surface area (TPSA) is 46.2 Å². The molecule has 4 heteroatoms. The Kier molecular flexibility index (Phi) is 4.20. The third-order valence-electron chi connectivity index (χ3n) is 2.17. The van der Waals surface area contributed by atoms with Crippen LogP contribution in [0, 0.1) is 0 Å². The fourth-order valence-corrected chi connectivity index (χ4v) is 1.67. The van der Waals surface area contributed by atoms with Gasteiger partial charge < -0.3 is 10.8 Å². The summed E-state index contributed by atoms with van der Waals surface area (Å²) in [5, 5.41) is 10.5. The number of hydrogen-bond donors (Lipinski definition) is 2. The van der Waals surface area contributed by atoms with Gasteiger partial charge in [-0.1, -0.05) is 42.3 Å². The van der Waals surface area contributed by atoms with E-state index in [2.05, 4.69) is 0 Å². The first kappa shape index (κ1) is 11.8. The normalized spacial score (nSPS) is 15.2. The second-order valence-corrected chi connectivity index (χ2v) is 3.93. The van der Waals surface area contributed by atoms with Crippen molar-refractivity contribution in [1.29, 1.82) is 0 Å².